The van der Waals surface area contributed by atoms with Crippen molar-refractivity contribution < 1.29 is 4.39 Å². The van der Waals surface area contributed by atoms with Gasteiger partial charge in [0.2, 0.25) is 0 Å². The summed E-state index contributed by atoms with van der Waals surface area (Å²) in [5, 5.41) is 3.23. The Morgan fingerprint density at radius 1 is 1.10 bits per heavy atom. The molecule has 1 N–H and O–H groups in total. The molecule has 0 radical (unpaired) electrons. The molecule has 106 valence electrons. The van der Waals surface area contributed by atoms with Crippen molar-refractivity contribution in [3.63, 3.8) is 0 Å². The Morgan fingerprint density at radius 2 is 1.85 bits per heavy atom. The minimum atomic E-state index is -0.210. The molecular formula is C17H21FN2. The molecular weight excluding hydrogens is 251 g/mol. The largest absolute Gasteiger partial charge is 0.383 e. The zero-order valence-electron chi connectivity index (χ0n) is 12.1. The highest BCUT2D eigenvalue weighted by Crippen LogP contribution is 2.14. The van der Waals surface area contributed by atoms with Crippen LogP contribution in [0, 0.1) is 5.82 Å². The lowest BCUT2D eigenvalue weighted by Gasteiger charge is -2.20. The van der Waals surface area contributed by atoms with Crippen molar-refractivity contribution in [2.45, 2.75) is 13.3 Å². The van der Waals surface area contributed by atoms with E-state index in [1.165, 1.54) is 23.4 Å². The predicted molar refractivity (Wildman–Crippen MR) is 84.0 cm³/mol. The van der Waals surface area contributed by atoms with Gasteiger partial charge in [-0.3, -0.25) is 0 Å². The van der Waals surface area contributed by atoms with Crippen LogP contribution in [-0.4, -0.2) is 20.1 Å². The first-order chi connectivity index (χ1) is 9.69. The van der Waals surface area contributed by atoms with Gasteiger partial charge in [-0.05, 0) is 42.3 Å². The summed E-state index contributed by atoms with van der Waals surface area (Å²) in [5.41, 5.74) is 3.36. The summed E-state index contributed by atoms with van der Waals surface area (Å²) in [6, 6.07) is 15.1. The third kappa shape index (κ3) is 3.98. The maximum atomic E-state index is 13.0. The van der Waals surface area contributed by atoms with E-state index < -0.39 is 0 Å². The lowest BCUT2D eigenvalue weighted by atomic mass is 10.1. The van der Waals surface area contributed by atoms with E-state index in [1.807, 2.05) is 6.07 Å². The summed E-state index contributed by atoms with van der Waals surface area (Å²) in [7, 11) is 2.06. The average molecular weight is 272 g/mol. The van der Waals surface area contributed by atoms with Gasteiger partial charge >= 0.3 is 0 Å². The average Bonchev–Trinajstić information content (AvgIpc) is 2.47. The summed E-state index contributed by atoms with van der Waals surface area (Å²) < 4.78 is 13.0. The van der Waals surface area contributed by atoms with Crippen LogP contribution in [0.5, 0.6) is 0 Å². The van der Waals surface area contributed by atoms with E-state index in [-0.39, 0.29) is 5.82 Å². The maximum Gasteiger partial charge on any atom is 0.125 e. The Labute approximate surface area is 120 Å². The number of aryl methyl sites for hydroxylation is 1. The maximum absolute atomic E-state index is 13.0. The van der Waals surface area contributed by atoms with Crippen LogP contribution in [0.15, 0.2) is 48.5 Å². The molecule has 0 fully saturated rings. The van der Waals surface area contributed by atoms with Crippen molar-refractivity contribution in [1.29, 1.82) is 0 Å². The minimum absolute atomic E-state index is 0.210. The summed E-state index contributed by atoms with van der Waals surface area (Å²) in [5.74, 6) is -0.210. The van der Waals surface area contributed by atoms with Crippen LogP contribution in [-0.2, 0) is 6.42 Å². The number of likely N-dealkylation sites (N-methyl/N-ethyl adjacent to an activating group) is 1. The van der Waals surface area contributed by atoms with Crippen LogP contribution in [0.25, 0.3) is 0 Å². The topological polar surface area (TPSA) is 15.3 Å². The SMILES string of the molecule is CCc1ccc(N(C)CCNc2cccc(F)c2)cc1. The van der Waals surface area contributed by atoms with Crippen molar-refractivity contribution in [1.82, 2.24) is 0 Å². The Hall–Kier alpha value is -2.03. The molecule has 0 aliphatic heterocycles. The second-order valence-corrected chi connectivity index (χ2v) is 4.88. The van der Waals surface area contributed by atoms with Crippen molar-refractivity contribution in [2.75, 3.05) is 30.4 Å². The number of halogens is 1. The van der Waals surface area contributed by atoms with Crippen LogP contribution >= 0.6 is 0 Å². The Kier molecular flexibility index (Phi) is 4.99. The molecule has 3 heteroatoms. The van der Waals surface area contributed by atoms with Crippen LogP contribution in [0.2, 0.25) is 0 Å². The molecule has 0 saturated heterocycles. The molecule has 20 heavy (non-hydrogen) atoms. The molecule has 2 nitrogen and oxygen atoms in total. The number of benzene rings is 2. The van der Waals surface area contributed by atoms with Crippen molar-refractivity contribution in [3.8, 4) is 0 Å². The fraction of sp³-hybridized carbons (Fsp3) is 0.294. The Bertz CT molecular complexity index is 537. The van der Waals surface area contributed by atoms with Gasteiger partial charge in [-0.2, -0.15) is 0 Å². The minimum Gasteiger partial charge on any atom is -0.383 e. The van der Waals surface area contributed by atoms with E-state index in [1.54, 1.807) is 6.07 Å². The van der Waals surface area contributed by atoms with E-state index >= 15 is 0 Å². The molecule has 0 unspecified atom stereocenters. The van der Waals surface area contributed by atoms with Gasteiger partial charge in [0.15, 0.2) is 0 Å². The molecule has 2 aromatic carbocycles. The normalized spacial score (nSPS) is 10.3. The van der Waals surface area contributed by atoms with Gasteiger partial charge in [0.1, 0.15) is 5.82 Å². The number of nitrogens with zero attached hydrogens (tertiary/aromatic N) is 1. The lowest BCUT2D eigenvalue weighted by Crippen LogP contribution is -2.24. The van der Waals surface area contributed by atoms with Gasteiger partial charge < -0.3 is 10.2 Å². The molecule has 0 aliphatic carbocycles. The Morgan fingerprint density at radius 3 is 2.50 bits per heavy atom. The first-order valence-electron chi connectivity index (χ1n) is 6.98. The third-order valence-electron chi connectivity index (χ3n) is 3.39. The highest BCUT2D eigenvalue weighted by Gasteiger charge is 2.01. The van der Waals surface area contributed by atoms with E-state index in [4.69, 9.17) is 0 Å². The number of hydrogen-bond donors (Lipinski definition) is 1. The molecule has 2 rings (SSSR count). The predicted octanol–water partition coefficient (Wildman–Crippen LogP) is 3.94. The monoisotopic (exact) mass is 272 g/mol. The Balaban J connectivity index is 1.83. The van der Waals surface area contributed by atoms with Crippen molar-refractivity contribution in [2.24, 2.45) is 0 Å². The van der Waals surface area contributed by atoms with Gasteiger partial charge in [0.25, 0.3) is 0 Å². The first kappa shape index (κ1) is 14.4. The van der Waals surface area contributed by atoms with Crippen LogP contribution < -0.4 is 10.2 Å². The zero-order valence-corrected chi connectivity index (χ0v) is 12.1. The van der Waals surface area contributed by atoms with E-state index in [2.05, 4.69) is 48.5 Å². The van der Waals surface area contributed by atoms with Gasteiger partial charge in [-0.1, -0.05) is 25.1 Å². The summed E-state index contributed by atoms with van der Waals surface area (Å²) >= 11 is 0. The zero-order chi connectivity index (χ0) is 14.4. The number of anilines is 2. The molecule has 0 bridgehead atoms. The lowest BCUT2D eigenvalue weighted by molar-refractivity contribution is 0.628. The van der Waals surface area contributed by atoms with Gasteiger partial charge in [0, 0.05) is 31.5 Å². The summed E-state index contributed by atoms with van der Waals surface area (Å²) in [6.07, 6.45) is 1.06. The van der Waals surface area contributed by atoms with Crippen molar-refractivity contribution >= 4 is 11.4 Å². The quantitative estimate of drug-likeness (QED) is 0.857. The molecule has 0 aliphatic rings. The van der Waals surface area contributed by atoms with Gasteiger partial charge in [0.05, 0.1) is 0 Å². The second-order valence-electron chi connectivity index (χ2n) is 4.88. The highest BCUT2D eigenvalue weighted by molar-refractivity contribution is 5.48. The standard InChI is InChI=1S/C17H21FN2/c1-3-14-7-9-17(10-8-14)20(2)12-11-19-16-6-4-5-15(18)13-16/h4-10,13,19H,3,11-12H2,1-2H3. The summed E-state index contributed by atoms with van der Waals surface area (Å²) in [4.78, 5) is 2.19. The molecule has 0 spiro atoms. The number of rotatable bonds is 6. The van der Waals surface area contributed by atoms with E-state index in [9.17, 15) is 4.39 Å². The smallest absolute Gasteiger partial charge is 0.125 e. The van der Waals surface area contributed by atoms with Gasteiger partial charge in [-0.15, -0.1) is 0 Å². The number of hydrogen-bond acceptors (Lipinski definition) is 2. The second kappa shape index (κ2) is 6.94. The molecule has 2 aromatic rings. The third-order valence-corrected chi connectivity index (χ3v) is 3.39. The molecule has 0 atom stereocenters. The fourth-order valence-corrected chi connectivity index (χ4v) is 2.08. The number of nitrogens with one attached hydrogen (secondary N) is 1. The molecule has 0 heterocycles. The molecule has 0 saturated carbocycles. The van der Waals surface area contributed by atoms with Crippen LogP contribution in [0.3, 0.4) is 0 Å². The first-order valence-corrected chi connectivity index (χ1v) is 6.98. The molecule has 0 amide bonds. The van der Waals surface area contributed by atoms with E-state index in [0.29, 0.717) is 0 Å². The van der Waals surface area contributed by atoms with Gasteiger partial charge in [-0.25, -0.2) is 4.39 Å². The van der Waals surface area contributed by atoms with Crippen LogP contribution in [0.4, 0.5) is 15.8 Å². The molecule has 0 aromatic heterocycles. The fourth-order valence-electron chi connectivity index (χ4n) is 2.08. The highest BCUT2D eigenvalue weighted by atomic mass is 19.1. The van der Waals surface area contributed by atoms with Crippen LogP contribution in [0.1, 0.15) is 12.5 Å². The van der Waals surface area contributed by atoms with Crippen molar-refractivity contribution in [3.05, 3.63) is 59.9 Å². The summed E-state index contributed by atoms with van der Waals surface area (Å²) in [6.45, 7) is 3.79. The van der Waals surface area contributed by atoms with E-state index in [0.717, 1.165) is 25.2 Å².